The lowest BCUT2D eigenvalue weighted by atomic mass is 10.1. The van der Waals surface area contributed by atoms with E-state index in [9.17, 15) is 4.79 Å². The molecule has 1 N–H and O–H groups in total. The minimum absolute atomic E-state index is 0.226. The van der Waals surface area contributed by atoms with Crippen molar-refractivity contribution in [3.8, 4) is 17.2 Å². The monoisotopic (exact) mass is 327 g/mol. The summed E-state index contributed by atoms with van der Waals surface area (Å²) in [6.45, 7) is 1.99. The minimum atomic E-state index is -0.226. The Morgan fingerprint density at radius 2 is 1.50 bits per heavy atom. The molecule has 0 fully saturated rings. The molecule has 0 saturated carbocycles. The van der Waals surface area contributed by atoms with E-state index in [-0.39, 0.29) is 5.91 Å². The highest BCUT2D eigenvalue weighted by Gasteiger charge is 2.10. The predicted molar refractivity (Wildman–Crippen MR) is 94.9 cm³/mol. The van der Waals surface area contributed by atoms with Crippen LogP contribution in [0.25, 0.3) is 6.08 Å². The van der Waals surface area contributed by atoms with E-state index in [1.807, 2.05) is 31.2 Å². The van der Waals surface area contributed by atoms with Gasteiger partial charge in [-0.15, -0.1) is 0 Å². The van der Waals surface area contributed by atoms with Crippen molar-refractivity contribution >= 4 is 17.7 Å². The molecule has 126 valence electrons. The lowest BCUT2D eigenvalue weighted by Gasteiger charge is -2.12. The fourth-order valence-corrected chi connectivity index (χ4v) is 2.17. The number of aryl methyl sites for hydroxylation is 1. The molecule has 0 aliphatic rings. The van der Waals surface area contributed by atoms with Crippen molar-refractivity contribution in [1.82, 2.24) is 0 Å². The van der Waals surface area contributed by atoms with Crippen LogP contribution in [-0.2, 0) is 4.79 Å². The van der Waals surface area contributed by atoms with Crippen LogP contribution in [-0.4, -0.2) is 27.2 Å². The number of hydrogen-bond donors (Lipinski definition) is 1. The van der Waals surface area contributed by atoms with Crippen molar-refractivity contribution in [3.05, 3.63) is 53.6 Å². The van der Waals surface area contributed by atoms with Gasteiger partial charge in [0, 0.05) is 23.4 Å². The van der Waals surface area contributed by atoms with Crippen LogP contribution in [0, 0.1) is 6.92 Å². The van der Waals surface area contributed by atoms with Gasteiger partial charge >= 0.3 is 0 Å². The van der Waals surface area contributed by atoms with Crippen LogP contribution in [0.3, 0.4) is 0 Å². The van der Waals surface area contributed by atoms with E-state index >= 15 is 0 Å². The van der Waals surface area contributed by atoms with Crippen molar-refractivity contribution in [2.45, 2.75) is 6.92 Å². The summed E-state index contributed by atoms with van der Waals surface area (Å²) in [6, 6.07) is 11.1. The normalized spacial score (nSPS) is 10.5. The van der Waals surface area contributed by atoms with Gasteiger partial charge in [0.2, 0.25) is 5.91 Å². The molecule has 24 heavy (non-hydrogen) atoms. The van der Waals surface area contributed by atoms with Crippen LogP contribution in [0.15, 0.2) is 42.5 Å². The number of methoxy groups -OCH3 is 3. The third kappa shape index (κ3) is 4.29. The minimum Gasteiger partial charge on any atom is -0.496 e. The molecule has 1 amide bonds. The summed E-state index contributed by atoms with van der Waals surface area (Å²) in [5.41, 5.74) is 2.60. The molecule has 2 aromatic rings. The molecule has 0 radical (unpaired) electrons. The van der Waals surface area contributed by atoms with Crippen molar-refractivity contribution in [3.63, 3.8) is 0 Å². The Morgan fingerprint density at radius 1 is 0.917 bits per heavy atom. The number of rotatable bonds is 6. The van der Waals surface area contributed by atoms with Crippen LogP contribution in [0.1, 0.15) is 11.1 Å². The summed E-state index contributed by atoms with van der Waals surface area (Å²) in [6.07, 6.45) is 3.12. The quantitative estimate of drug-likeness (QED) is 0.823. The van der Waals surface area contributed by atoms with Crippen LogP contribution in [0.4, 0.5) is 5.69 Å². The smallest absolute Gasteiger partial charge is 0.248 e. The van der Waals surface area contributed by atoms with Gasteiger partial charge in [-0.05, 0) is 31.2 Å². The fourth-order valence-electron chi connectivity index (χ4n) is 2.17. The Hall–Kier alpha value is -2.95. The zero-order valence-corrected chi connectivity index (χ0v) is 14.3. The third-order valence-corrected chi connectivity index (χ3v) is 3.47. The Kier molecular flexibility index (Phi) is 5.84. The maximum Gasteiger partial charge on any atom is 0.248 e. The predicted octanol–water partition coefficient (Wildman–Crippen LogP) is 3.67. The van der Waals surface area contributed by atoms with E-state index in [0.29, 0.717) is 22.8 Å². The first-order valence-electron chi connectivity index (χ1n) is 7.43. The van der Waals surface area contributed by atoms with E-state index < -0.39 is 0 Å². The summed E-state index contributed by atoms with van der Waals surface area (Å²) in [4.78, 5) is 12.1. The summed E-state index contributed by atoms with van der Waals surface area (Å²) in [5.74, 6) is 1.50. The largest absolute Gasteiger partial charge is 0.496 e. The van der Waals surface area contributed by atoms with Gasteiger partial charge in [-0.2, -0.15) is 0 Å². The first kappa shape index (κ1) is 17.4. The highest BCUT2D eigenvalue weighted by Crippen LogP contribution is 2.35. The first-order chi connectivity index (χ1) is 11.6. The topological polar surface area (TPSA) is 56.8 Å². The lowest BCUT2D eigenvalue weighted by Crippen LogP contribution is -2.07. The molecule has 0 aliphatic heterocycles. The van der Waals surface area contributed by atoms with Crippen LogP contribution in [0.2, 0.25) is 0 Å². The molecule has 0 heterocycles. The molecule has 0 bridgehead atoms. The van der Waals surface area contributed by atoms with Gasteiger partial charge in [0.05, 0.1) is 21.3 Å². The van der Waals surface area contributed by atoms with Crippen LogP contribution < -0.4 is 19.5 Å². The lowest BCUT2D eigenvalue weighted by molar-refractivity contribution is -0.111. The first-order valence-corrected chi connectivity index (χ1v) is 7.43. The zero-order valence-electron chi connectivity index (χ0n) is 14.3. The van der Waals surface area contributed by atoms with Gasteiger partial charge in [0.1, 0.15) is 5.75 Å². The Morgan fingerprint density at radius 3 is 2.08 bits per heavy atom. The molecule has 2 aromatic carbocycles. The SMILES string of the molecule is COc1cc(OC)c(OC)cc1/C=C/C(=O)Nc1ccc(C)cc1. The van der Waals surface area contributed by atoms with E-state index in [1.54, 1.807) is 39.5 Å². The molecule has 0 aromatic heterocycles. The average molecular weight is 327 g/mol. The van der Waals surface area contributed by atoms with Crippen LogP contribution >= 0.6 is 0 Å². The maximum atomic E-state index is 12.1. The summed E-state index contributed by atoms with van der Waals surface area (Å²) in [7, 11) is 4.68. The number of carbonyl (C=O) groups excluding carboxylic acids is 1. The molecule has 0 saturated heterocycles. The Labute approximate surface area is 141 Å². The van der Waals surface area contributed by atoms with E-state index in [0.717, 1.165) is 11.3 Å². The number of benzene rings is 2. The number of ether oxygens (including phenoxy) is 3. The van der Waals surface area contributed by atoms with Gasteiger partial charge in [-0.25, -0.2) is 0 Å². The fraction of sp³-hybridized carbons (Fsp3) is 0.211. The molecular weight excluding hydrogens is 306 g/mol. The van der Waals surface area contributed by atoms with Gasteiger partial charge < -0.3 is 19.5 Å². The summed E-state index contributed by atoms with van der Waals surface area (Å²) < 4.78 is 15.8. The number of hydrogen-bond acceptors (Lipinski definition) is 4. The molecule has 5 nitrogen and oxygen atoms in total. The Balaban J connectivity index is 2.17. The standard InChI is InChI=1S/C19H21NO4/c1-13-5-8-15(9-6-13)20-19(21)10-7-14-11-17(23-3)18(24-4)12-16(14)22-2/h5-12H,1-4H3,(H,20,21)/b10-7+. The zero-order chi connectivity index (χ0) is 17.5. The summed E-state index contributed by atoms with van der Waals surface area (Å²) >= 11 is 0. The van der Waals surface area contributed by atoms with Gasteiger partial charge in [0.25, 0.3) is 0 Å². The summed E-state index contributed by atoms with van der Waals surface area (Å²) in [5, 5.41) is 2.81. The second-order valence-electron chi connectivity index (χ2n) is 5.14. The maximum absolute atomic E-state index is 12.1. The van der Waals surface area contributed by atoms with Crippen molar-refractivity contribution in [2.24, 2.45) is 0 Å². The second kappa shape index (κ2) is 8.06. The number of amides is 1. The van der Waals surface area contributed by atoms with Gasteiger partial charge in [0.15, 0.2) is 11.5 Å². The van der Waals surface area contributed by atoms with E-state index in [2.05, 4.69) is 5.32 Å². The van der Waals surface area contributed by atoms with E-state index in [4.69, 9.17) is 14.2 Å². The average Bonchev–Trinajstić information content (AvgIpc) is 2.61. The molecule has 0 aliphatic carbocycles. The van der Waals surface area contributed by atoms with E-state index in [1.165, 1.54) is 6.08 Å². The molecule has 0 unspecified atom stereocenters. The third-order valence-electron chi connectivity index (χ3n) is 3.47. The van der Waals surface area contributed by atoms with Crippen molar-refractivity contribution in [1.29, 1.82) is 0 Å². The molecule has 0 spiro atoms. The molecular formula is C19H21NO4. The second-order valence-corrected chi connectivity index (χ2v) is 5.14. The molecule has 5 heteroatoms. The number of carbonyl (C=O) groups is 1. The Bertz CT molecular complexity index is 736. The van der Waals surface area contributed by atoms with Gasteiger partial charge in [-0.3, -0.25) is 4.79 Å². The highest BCUT2D eigenvalue weighted by atomic mass is 16.5. The number of anilines is 1. The molecule has 0 atom stereocenters. The van der Waals surface area contributed by atoms with Crippen LogP contribution in [0.5, 0.6) is 17.2 Å². The molecule has 2 rings (SSSR count). The van der Waals surface area contributed by atoms with Gasteiger partial charge in [-0.1, -0.05) is 17.7 Å². The van der Waals surface area contributed by atoms with Crippen molar-refractivity contribution in [2.75, 3.05) is 26.6 Å². The van der Waals surface area contributed by atoms with Crippen molar-refractivity contribution < 1.29 is 19.0 Å². The number of nitrogens with one attached hydrogen (secondary N) is 1. The highest BCUT2D eigenvalue weighted by molar-refractivity contribution is 6.02.